The number of hydrogen-bond acceptors (Lipinski definition) is 4. The topological polar surface area (TPSA) is 72.9 Å². The molecule has 2 aromatic heterocycles. The molecular weight excluding hydrogens is 387 g/mol. The first-order valence-electron chi connectivity index (χ1n) is 9.04. The number of carbonyl (C=O) groups is 1. The number of nitrogens with one attached hydrogen (secondary N) is 1. The van der Waals surface area contributed by atoms with Crippen LogP contribution in [-0.4, -0.2) is 15.5 Å². The highest BCUT2D eigenvalue weighted by molar-refractivity contribution is 7.14. The Hall–Kier alpha value is -3.45. The van der Waals surface area contributed by atoms with Crippen molar-refractivity contribution in [2.75, 3.05) is 5.32 Å². The van der Waals surface area contributed by atoms with Crippen LogP contribution in [0.4, 0.5) is 15.2 Å². The second-order valence-corrected chi connectivity index (χ2v) is 7.46. The van der Waals surface area contributed by atoms with Crippen molar-refractivity contribution in [3.05, 3.63) is 88.7 Å². The van der Waals surface area contributed by atoms with Crippen molar-refractivity contribution >= 4 is 28.1 Å². The number of hydrogen-bond donors (Lipinski definition) is 2. The van der Waals surface area contributed by atoms with Gasteiger partial charge in [0.1, 0.15) is 5.82 Å². The Morgan fingerprint density at radius 3 is 2.62 bits per heavy atom. The summed E-state index contributed by atoms with van der Waals surface area (Å²) in [5.41, 5.74) is 9.51. The van der Waals surface area contributed by atoms with Gasteiger partial charge in [-0.3, -0.25) is 4.79 Å². The highest BCUT2D eigenvalue weighted by Gasteiger charge is 2.19. The monoisotopic (exact) mass is 406 g/mol. The van der Waals surface area contributed by atoms with Crippen LogP contribution >= 0.6 is 11.3 Å². The lowest BCUT2D eigenvalue weighted by Gasteiger charge is -2.11. The molecule has 0 saturated heterocycles. The third-order valence-electron chi connectivity index (χ3n) is 4.71. The van der Waals surface area contributed by atoms with Crippen molar-refractivity contribution < 1.29 is 9.18 Å². The molecule has 0 atom stereocenters. The first-order valence-corrected chi connectivity index (χ1v) is 9.92. The lowest BCUT2D eigenvalue weighted by atomic mass is 10.2. The fraction of sp³-hybridized carbons (Fsp3) is 0.0909. The summed E-state index contributed by atoms with van der Waals surface area (Å²) in [5, 5.41) is 5.89. The van der Waals surface area contributed by atoms with Crippen LogP contribution in [0.25, 0.3) is 11.4 Å². The van der Waals surface area contributed by atoms with Crippen LogP contribution in [0.1, 0.15) is 21.6 Å². The number of para-hydroxylation sites is 1. The highest BCUT2D eigenvalue weighted by Crippen LogP contribution is 2.31. The number of amides is 1. The molecule has 4 aromatic rings. The minimum atomic E-state index is -0.520. The van der Waals surface area contributed by atoms with Gasteiger partial charge in [-0.25, -0.2) is 9.37 Å². The lowest BCUT2D eigenvalue weighted by Crippen LogP contribution is -2.13. The van der Waals surface area contributed by atoms with Crippen LogP contribution in [0.2, 0.25) is 0 Å². The second-order valence-electron chi connectivity index (χ2n) is 6.60. The molecule has 0 saturated carbocycles. The average molecular weight is 406 g/mol. The highest BCUT2D eigenvalue weighted by atomic mass is 32.1. The quantitative estimate of drug-likeness (QED) is 0.476. The molecule has 3 N–H and O–H groups in total. The number of rotatable bonds is 6. The van der Waals surface area contributed by atoms with E-state index in [2.05, 4.69) is 10.3 Å². The van der Waals surface area contributed by atoms with E-state index in [-0.39, 0.29) is 12.4 Å². The van der Waals surface area contributed by atoms with Gasteiger partial charge < -0.3 is 15.6 Å². The van der Waals surface area contributed by atoms with Crippen molar-refractivity contribution in [3.8, 4) is 11.4 Å². The molecule has 0 aliphatic rings. The van der Waals surface area contributed by atoms with Crippen molar-refractivity contribution in [2.45, 2.75) is 13.5 Å². The molecule has 2 aromatic carbocycles. The molecule has 29 heavy (non-hydrogen) atoms. The number of benzene rings is 2. The second kappa shape index (κ2) is 7.89. The number of carbonyl (C=O) groups excluding carboxylic acids is 1. The van der Waals surface area contributed by atoms with Crippen LogP contribution in [0.5, 0.6) is 0 Å². The molecule has 146 valence electrons. The maximum absolute atomic E-state index is 14.2. The first kappa shape index (κ1) is 18.9. The van der Waals surface area contributed by atoms with E-state index in [4.69, 9.17) is 5.73 Å². The summed E-state index contributed by atoms with van der Waals surface area (Å²) in [4.78, 5) is 16.5. The molecule has 5 nitrogen and oxygen atoms in total. The van der Waals surface area contributed by atoms with Gasteiger partial charge in [-0.05, 0) is 31.2 Å². The van der Waals surface area contributed by atoms with E-state index in [0.717, 1.165) is 16.5 Å². The number of nitrogens with zero attached hydrogens (tertiary/aromatic N) is 2. The number of nitrogens with two attached hydrogens (primary N) is 1. The third kappa shape index (κ3) is 3.90. The molecular formula is C22H19FN4OS. The Labute approximate surface area is 171 Å². The average Bonchev–Trinajstić information content (AvgIpc) is 3.29. The summed E-state index contributed by atoms with van der Waals surface area (Å²) in [6, 6.07) is 18.1. The normalized spacial score (nSPS) is 10.8. The molecule has 0 unspecified atom stereocenters. The maximum Gasteiger partial charge on any atom is 0.250 e. The van der Waals surface area contributed by atoms with Gasteiger partial charge in [0.05, 0.1) is 23.5 Å². The van der Waals surface area contributed by atoms with Gasteiger partial charge >= 0.3 is 0 Å². The Bertz CT molecular complexity index is 1170. The van der Waals surface area contributed by atoms with Crippen molar-refractivity contribution in [3.63, 3.8) is 0 Å². The predicted molar refractivity (Wildman–Crippen MR) is 114 cm³/mol. The van der Waals surface area contributed by atoms with Crippen molar-refractivity contribution in [2.24, 2.45) is 5.73 Å². The Morgan fingerprint density at radius 1 is 1.17 bits per heavy atom. The van der Waals surface area contributed by atoms with Gasteiger partial charge in [0, 0.05) is 22.3 Å². The predicted octanol–water partition coefficient (Wildman–Crippen LogP) is 4.95. The lowest BCUT2D eigenvalue weighted by molar-refractivity contribution is 0.0999. The van der Waals surface area contributed by atoms with Crippen LogP contribution < -0.4 is 11.1 Å². The minimum absolute atomic E-state index is 0.278. The maximum atomic E-state index is 14.2. The number of primary amides is 1. The summed E-state index contributed by atoms with van der Waals surface area (Å²) in [7, 11) is 0. The van der Waals surface area contributed by atoms with Crippen molar-refractivity contribution in [1.29, 1.82) is 0 Å². The minimum Gasteiger partial charge on any atom is -0.366 e. The summed E-state index contributed by atoms with van der Waals surface area (Å²) >= 11 is 1.46. The van der Waals surface area contributed by atoms with E-state index in [1.807, 2.05) is 40.3 Å². The first-order chi connectivity index (χ1) is 14.0. The van der Waals surface area contributed by atoms with Crippen LogP contribution in [-0.2, 0) is 6.54 Å². The molecule has 0 spiro atoms. The molecule has 0 aliphatic heterocycles. The van der Waals surface area contributed by atoms with Gasteiger partial charge in [0.25, 0.3) is 5.91 Å². The Balaban J connectivity index is 1.72. The number of aromatic nitrogens is 2. The molecule has 0 fully saturated rings. The van der Waals surface area contributed by atoms with E-state index < -0.39 is 5.91 Å². The van der Waals surface area contributed by atoms with E-state index in [1.165, 1.54) is 17.4 Å². The third-order valence-corrected chi connectivity index (χ3v) is 5.47. The molecule has 4 rings (SSSR count). The van der Waals surface area contributed by atoms with E-state index in [9.17, 15) is 9.18 Å². The zero-order valence-electron chi connectivity index (χ0n) is 15.7. The van der Waals surface area contributed by atoms with E-state index in [0.29, 0.717) is 22.5 Å². The van der Waals surface area contributed by atoms with Crippen LogP contribution in [0, 0.1) is 12.7 Å². The van der Waals surface area contributed by atoms with E-state index >= 15 is 0 Å². The van der Waals surface area contributed by atoms with Gasteiger partial charge in [0.2, 0.25) is 0 Å². The van der Waals surface area contributed by atoms with Gasteiger partial charge in [0.15, 0.2) is 5.13 Å². The molecule has 7 heteroatoms. The largest absolute Gasteiger partial charge is 0.366 e. The molecule has 0 radical (unpaired) electrons. The van der Waals surface area contributed by atoms with Gasteiger partial charge in [-0.2, -0.15) is 0 Å². The summed E-state index contributed by atoms with van der Waals surface area (Å²) in [6.07, 6.45) is 0. The number of thiazole rings is 1. The molecule has 1 amide bonds. The standard InChI is InChI=1S/C22H19FN4OS/c1-14-17(21(24)28)11-20(27(14)12-15-7-5-6-10-18(15)23)19-13-29-22(26-19)25-16-8-3-2-4-9-16/h2-11,13H,12H2,1H3,(H2,24,28)(H,25,26). The smallest absolute Gasteiger partial charge is 0.250 e. The molecule has 0 bridgehead atoms. The zero-order chi connectivity index (χ0) is 20.4. The fourth-order valence-corrected chi connectivity index (χ4v) is 3.93. The zero-order valence-corrected chi connectivity index (χ0v) is 16.5. The number of halogens is 1. The number of anilines is 2. The summed E-state index contributed by atoms with van der Waals surface area (Å²) in [6.45, 7) is 2.08. The summed E-state index contributed by atoms with van der Waals surface area (Å²) < 4.78 is 16.1. The fourth-order valence-electron chi connectivity index (χ4n) is 3.20. The van der Waals surface area contributed by atoms with E-state index in [1.54, 1.807) is 31.2 Å². The van der Waals surface area contributed by atoms with Crippen molar-refractivity contribution in [1.82, 2.24) is 9.55 Å². The Kier molecular flexibility index (Phi) is 5.14. The molecule has 0 aliphatic carbocycles. The van der Waals surface area contributed by atoms with Crippen LogP contribution in [0.3, 0.4) is 0 Å². The van der Waals surface area contributed by atoms with Gasteiger partial charge in [-0.15, -0.1) is 11.3 Å². The van der Waals surface area contributed by atoms with Crippen LogP contribution in [0.15, 0.2) is 66.0 Å². The summed E-state index contributed by atoms with van der Waals surface area (Å²) in [5.74, 6) is -0.814. The molecule has 2 heterocycles. The Morgan fingerprint density at radius 2 is 1.90 bits per heavy atom. The van der Waals surface area contributed by atoms with Gasteiger partial charge in [-0.1, -0.05) is 36.4 Å². The SMILES string of the molecule is Cc1c(C(N)=O)cc(-c2csc(Nc3ccccc3)n2)n1Cc1ccccc1F.